The predicted molar refractivity (Wildman–Crippen MR) is 50.6 cm³/mol. The van der Waals surface area contributed by atoms with Crippen molar-refractivity contribution in [1.82, 2.24) is 10.2 Å². The maximum absolute atomic E-state index is 11.7. The fourth-order valence-corrected chi connectivity index (χ4v) is 1.47. The first-order valence-electron chi connectivity index (χ1n) is 4.73. The van der Waals surface area contributed by atoms with Crippen LogP contribution in [0.25, 0.3) is 0 Å². The standard InChI is InChI=1S/C9H16N2O3/c1-5(2)7-8(13)11(6(3)4-12)9(14)10-7/h5-7,12H,4H2,1-3H3,(H,10,14). The number of carbonyl (C=O) groups is 2. The molecular weight excluding hydrogens is 184 g/mol. The summed E-state index contributed by atoms with van der Waals surface area (Å²) in [5, 5.41) is 11.5. The van der Waals surface area contributed by atoms with Crippen LogP contribution >= 0.6 is 0 Å². The second kappa shape index (κ2) is 3.96. The molecule has 0 aromatic carbocycles. The van der Waals surface area contributed by atoms with E-state index in [0.29, 0.717) is 0 Å². The van der Waals surface area contributed by atoms with Gasteiger partial charge >= 0.3 is 6.03 Å². The van der Waals surface area contributed by atoms with E-state index in [2.05, 4.69) is 5.32 Å². The first kappa shape index (κ1) is 11.0. The Morgan fingerprint density at radius 1 is 1.43 bits per heavy atom. The average molecular weight is 200 g/mol. The molecule has 2 N–H and O–H groups in total. The van der Waals surface area contributed by atoms with E-state index in [9.17, 15) is 9.59 Å². The van der Waals surface area contributed by atoms with Crippen molar-refractivity contribution in [1.29, 1.82) is 0 Å². The van der Waals surface area contributed by atoms with Crippen LogP contribution in [0.2, 0.25) is 0 Å². The minimum absolute atomic E-state index is 0.0716. The predicted octanol–water partition coefficient (Wildman–Crippen LogP) is -0.0564. The van der Waals surface area contributed by atoms with E-state index in [1.54, 1.807) is 6.92 Å². The summed E-state index contributed by atoms with van der Waals surface area (Å²) in [6, 6.07) is -1.31. The third-order valence-electron chi connectivity index (χ3n) is 2.37. The molecule has 1 fully saturated rings. The summed E-state index contributed by atoms with van der Waals surface area (Å²) in [4.78, 5) is 24.2. The zero-order valence-corrected chi connectivity index (χ0v) is 8.65. The summed E-state index contributed by atoms with van der Waals surface area (Å²) in [5.74, 6) is -0.172. The Morgan fingerprint density at radius 2 is 2.00 bits per heavy atom. The third-order valence-corrected chi connectivity index (χ3v) is 2.37. The number of aliphatic hydroxyl groups is 1. The van der Waals surface area contributed by atoms with E-state index in [1.165, 1.54) is 0 Å². The van der Waals surface area contributed by atoms with Gasteiger partial charge in [0.05, 0.1) is 12.6 Å². The van der Waals surface area contributed by atoms with Gasteiger partial charge in [0.15, 0.2) is 0 Å². The second-order valence-electron chi connectivity index (χ2n) is 3.91. The molecule has 1 aliphatic heterocycles. The highest BCUT2D eigenvalue weighted by molar-refractivity contribution is 6.04. The van der Waals surface area contributed by atoms with Crippen LogP contribution < -0.4 is 5.32 Å². The minimum Gasteiger partial charge on any atom is -0.394 e. The Morgan fingerprint density at radius 3 is 2.36 bits per heavy atom. The third kappa shape index (κ3) is 1.72. The van der Waals surface area contributed by atoms with Crippen molar-refractivity contribution < 1.29 is 14.7 Å². The second-order valence-corrected chi connectivity index (χ2v) is 3.91. The van der Waals surface area contributed by atoms with Gasteiger partial charge in [-0.05, 0) is 12.8 Å². The fraction of sp³-hybridized carbons (Fsp3) is 0.778. The van der Waals surface area contributed by atoms with Crippen molar-refractivity contribution in [2.24, 2.45) is 5.92 Å². The maximum atomic E-state index is 11.7. The van der Waals surface area contributed by atoms with E-state index in [1.807, 2.05) is 13.8 Å². The van der Waals surface area contributed by atoms with Crippen LogP contribution in [-0.2, 0) is 4.79 Å². The lowest BCUT2D eigenvalue weighted by Gasteiger charge is -2.19. The van der Waals surface area contributed by atoms with Crippen LogP contribution in [0.15, 0.2) is 0 Å². The summed E-state index contributed by atoms with van der Waals surface area (Å²) in [6.07, 6.45) is 0. The van der Waals surface area contributed by atoms with Crippen LogP contribution in [0, 0.1) is 5.92 Å². The summed E-state index contributed by atoms with van der Waals surface area (Å²) in [6.45, 7) is 5.18. The normalized spacial score (nSPS) is 24.4. The number of urea groups is 1. The molecule has 14 heavy (non-hydrogen) atoms. The zero-order valence-electron chi connectivity index (χ0n) is 8.65. The molecule has 5 heteroatoms. The van der Waals surface area contributed by atoms with Gasteiger partial charge in [-0.2, -0.15) is 0 Å². The Hall–Kier alpha value is -1.10. The van der Waals surface area contributed by atoms with Crippen LogP contribution in [0.1, 0.15) is 20.8 Å². The highest BCUT2D eigenvalue weighted by Crippen LogP contribution is 2.15. The number of aliphatic hydroxyl groups excluding tert-OH is 1. The van der Waals surface area contributed by atoms with Crippen molar-refractivity contribution in [2.45, 2.75) is 32.9 Å². The van der Waals surface area contributed by atoms with Crippen LogP contribution in [0.5, 0.6) is 0 Å². The van der Waals surface area contributed by atoms with Crippen molar-refractivity contribution in [2.75, 3.05) is 6.61 Å². The number of hydrogen-bond donors (Lipinski definition) is 2. The lowest BCUT2D eigenvalue weighted by molar-refractivity contribution is -0.130. The van der Waals surface area contributed by atoms with Gasteiger partial charge in [0.2, 0.25) is 0 Å². The number of imide groups is 1. The first-order chi connectivity index (χ1) is 6.49. The van der Waals surface area contributed by atoms with E-state index in [0.717, 1.165) is 4.90 Å². The fourth-order valence-electron chi connectivity index (χ4n) is 1.47. The van der Waals surface area contributed by atoms with Gasteiger partial charge < -0.3 is 10.4 Å². The first-order valence-corrected chi connectivity index (χ1v) is 4.73. The van der Waals surface area contributed by atoms with Gasteiger partial charge in [0, 0.05) is 0 Å². The van der Waals surface area contributed by atoms with Gasteiger partial charge in [-0.1, -0.05) is 13.8 Å². The summed E-state index contributed by atoms with van der Waals surface area (Å²) >= 11 is 0. The lowest BCUT2D eigenvalue weighted by Crippen LogP contribution is -2.41. The lowest BCUT2D eigenvalue weighted by atomic mass is 10.0. The molecule has 1 aliphatic rings. The van der Waals surface area contributed by atoms with Crippen molar-refractivity contribution in [3.63, 3.8) is 0 Å². The molecule has 1 rings (SSSR count). The molecule has 0 radical (unpaired) electrons. The van der Waals surface area contributed by atoms with E-state index >= 15 is 0 Å². The average Bonchev–Trinajstić information content (AvgIpc) is 2.41. The van der Waals surface area contributed by atoms with Gasteiger partial charge in [0.25, 0.3) is 5.91 Å². The number of carbonyl (C=O) groups excluding carboxylic acids is 2. The molecule has 0 saturated carbocycles. The Balaban J connectivity index is 2.80. The molecular formula is C9H16N2O3. The maximum Gasteiger partial charge on any atom is 0.325 e. The van der Waals surface area contributed by atoms with Crippen molar-refractivity contribution >= 4 is 11.9 Å². The molecule has 0 bridgehead atoms. The summed E-state index contributed by atoms with van der Waals surface area (Å²) in [7, 11) is 0. The van der Waals surface area contributed by atoms with Gasteiger partial charge in [-0.3, -0.25) is 9.69 Å². The summed E-state index contributed by atoms with van der Waals surface area (Å²) in [5.41, 5.74) is 0. The monoisotopic (exact) mass is 200 g/mol. The molecule has 5 nitrogen and oxygen atoms in total. The smallest absolute Gasteiger partial charge is 0.325 e. The zero-order chi connectivity index (χ0) is 10.9. The van der Waals surface area contributed by atoms with Crippen LogP contribution in [0.3, 0.4) is 0 Å². The number of nitrogens with one attached hydrogen (secondary N) is 1. The van der Waals surface area contributed by atoms with Gasteiger partial charge in [-0.15, -0.1) is 0 Å². The molecule has 0 spiro atoms. The number of hydrogen-bond acceptors (Lipinski definition) is 3. The molecule has 2 unspecified atom stereocenters. The summed E-state index contributed by atoms with van der Waals surface area (Å²) < 4.78 is 0. The van der Waals surface area contributed by atoms with Crippen molar-refractivity contribution in [3.8, 4) is 0 Å². The van der Waals surface area contributed by atoms with E-state index in [-0.39, 0.29) is 18.4 Å². The number of amides is 3. The molecule has 80 valence electrons. The highest BCUT2D eigenvalue weighted by atomic mass is 16.3. The molecule has 3 amide bonds. The van der Waals surface area contributed by atoms with Gasteiger partial charge in [0.1, 0.15) is 6.04 Å². The van der Waals surface area contributed by atoms with Crippen molar-refractivity contribution in [3.05, 3.63) is 0 Å². The molecule has 0 aliphatic carbocycles. The Kier molecular flexibility index (Phi) is 3.10. The Bertz CT molecular complexity index is 252. The van der Waals surface area contributed by atoms with E-state index < -0.39 is 18.1 Å². The molecule has 0 aromatic rings. The number of nitrogens with zero attached hydrogens (tertiary/aromatic N) is 1. The van der Waals surface area contributed by atoms with Crippen LogP contribution in [-0.4, -0.2) is 40.6 Å². The quantitative estimate of drug-likeness (QED) is 0.627. The molecule has 0 aromatic heterocycles. The Labute approximate surface area is 83.1 Å². The van der Waals surface area contributed by atoms with Crippen LogP contribution in [0.4, 0.5) is 4.79 Å². The molecule has 1 heterocycles. The largest absolute Gasteiger partial charge is 0.394 e. The topological polar surface area (TPSA) is 69.6 Å². The number of rotatable bonds is 3. The molecule has 1 saturated heterocycles. The SMILES string of the molecule is CC(C)C1NC(=O)N(C(C)CO)C1=O. The van der Waals surface area contributed by atoms with E-state index in [4.69, 9.17) is 5.11 Å². The molecule has 2 atom stereocenters. The minimum atomic E-state index is -0.453. The van der Waals surface area contributed by atoms with Gasteiger partial charge in [-0.25, -0.2) is 4.79 Å². The highest BCUT2D eigenvalue weighted by Gasteiger charge is 2.41.